The van der Waals surface area contributed by atoms with Crippen molar-refractivity contribution < 1.29 is 9.53 Å². The molecule has 6 heteroatoms. The summed E-state index contributed by atoms with van der Waals surface area (Å²) in [5.41, 5.74) is 0. The SMILES string of the molecule is C[C@@H](Oc1ccc(Cl)cc1)C(=O)Nc1nccs1. The molecule has 18 heavy (non-hydrogen) atoms. The van der Waals surface area contributed by atoms with Crippen molar-refractivity contribution in [1.29, 1.82) is 0 Å². The molecule has 1 aromatic heterocycles. The van der Waals surface area contributed by atoms with Crippen LogP contribution in [0, 0.1) is 0 Å². The Morgan fingerprint density at radius 1 is 1.44 bits per heavy atom. The molecule has 1 N–H and O–H groups in total. The first-order valence-corrected chi connectivity index (χ1v) is 6.53. The number of amides is 1. The van der Waals surface area contributed by atoms with Crippen molar-refractivity contribution in [2.45, 2.75) is 13.0 Å². The highest BCUT2D eigenvalue weighted by molar-refractivity contribution is 7.13. The Hall–Kier alpha value is -1.59. The normalized spacial score (nSPS) is 11.9. The molecule has 0 saturated carbocycles. The zero-order chi connectivity index (χ0) is 13.0. The van der Waals surface area contributed by atoms with E-state index in [1.165, 1.54) is 11.3 Å². The van der Waals surface area contributed by atoms with Crippen LogP contribution in [0.4, 0.5) is 5.13 Å². The summed E-state index contributed by atoms with van der Waals surface area (Å²) >= 11 is 7.12. The number of rotatable bonds is 4. The first-order chi connectivity index (χ1) is 8.65. The van der Waals surface area contributed by atoms with Gasteiger partial charge in [0.2, 0.25) is 0 Å². The van der Waals surface area contributed by atoms with E-state index >= 15 is 0 Å². The molecule has 1 amide bonds. The molecule has 0 spiro atoms. The van der Waals surface area contributed by atoms with Gasteiger partial charge in [-0.25, -0.2) is 4.98 Å². The van der Waals surface area contributed by atoms with Gasteiger partial charge in [0, 0.05) is 16.6 Å². The third-order valence-electron chi connectivity index (χ3n) is 2.16. The largest absolute Gasteiger partial charge is 0.481 e. The lowest BCUT2D eigenvalue weighted by molar-refractivity contribution is -0.122. The summed E-state index contributed by atoms with van der Waals surface area (Å²) in [5.74, 6) is 0.362. The Labute approximate surface area is 114 Å². The Morgan fingerprint density at radius 3 is 2.78 bits per heavy atom. The third-order valence-corrected chi connectivity index (χ3v) is 3.10. The summed E-state index contributed by atoms with van der Waals surface area (Å²) in [6, 6.07) is 6.86. The van der Waals surface area contributed by atoms with Crippen molar-refractivity contribution in [2.75, 3.05) is 5.32 Å². The molecule has 0 aliphatic heterocycles. The number of nitrogens with one attached hydrogen (secondary N) is 1. The molecule has 1 heterocycles. The first kappa shape index (κ1) is 12.9. The van der Waals surface area contributed by atoms with Crippen molar-refractivity contribution >= 4 is 34.0 Å². The molecule has 0 bridgehead atoms. The number of aromatic nitrogens is 1. The first-order valence-electron chi connectivity index (χ1n) is 5.28. The summed E-state index contributed by atoms with van der Waals surface area (Å²) in [7, 11) is 0. The summed E-state index contributed by atoms with van der Waals surface area (Å²) in [6.45, 7) is 1.68. The second kappa shape index (κ2) is 5.84. The fourth-order valence-corrected chi connectivity index (χ4v) is 1.92. The molecule has 0 fully saturated rings. The minimum absolute atomic E-state index is 0.236. The molecule has 2 rings (SSSR count). The van der Waals surface area contributed by atoms with Crippen molar-refractivity contribution in [2.24, 2.45) is 0 Å². The summed E-state index contributed by atoms with van der Waals surface area (Å²) in [5, 5.41) is 5.65. The average Bonchev–Trinajstić information content (AvgIpc) is 2.85. The monoisotopic (exact) mass is 282 g/mol. The van der Waals surface area contributed by atoms with E-state index in [9.17, 15) is 4.79 Å². The number of benzene rings is 1. The van der Waals surface area contributed by atoms with Gasteiger partial charge in [-0.15, -0.1) is 11.3 Å². The fourth-order valence-electron chi connectivity index (χ4n) is 1.26. The molecular weight excluding hydrogens is 272 g/mol. The van der Waals surface area contributed by atoms with Crippen LogP contribution in [-0.4, -0.2) is 17.0 Å². The number of hydrogen-bond donors (Lipinski definition) is 1. The van der Waals surface area contributed by atoms with Crippen molar-refractivity contribution in [1.82, 2.24) is 4.98 Å². The number of thiazole rings is 1. The zero-order valence-corrected chi connectivity index (χ0v) is 11.2. The van der Waals surface area contributed by atoms with Gasteiger partial charge in [0.05, 0.1) is 0 Å². The van der Waals surface area contributed by atoms with E-state index in [2.05, 4.69) is 10.3 Å². The zero-order valence-electron chi connectivity index (χ0n) is 9.59. The number of anilines is 1. The van der Waals surface area contributed by atoms with E-state index in [4.69, 9.17) is 16.3 Å². The molecule has 94 valence electrons. The molecule has 2 aromatic rings. The quantitative estimate of drug-likeness (QED) is 0.937. The topological polar surface area (TPSA) is 51.2 Å². The van der Waals surface area contributed by atoms with Gasteiger partial charge in [-0.1, -0.05) is 11.6 Å². The van der Waals surface area contributed by atoms with Gasteiger partial charge in [0.1, 0.15) is 5.75 Å². The summed E-state index contributed by atoms with van der Waals surface area (Å²) in [4.78, 5) is 15.8. The van der Waals surface area contributed by atoms with Crippen molar-refractivity contribution in [3.8, 4) is 5.75 Å². The highest BCUT2D eigenvalue weighted by atomic mass is 35.5. The minimum Gasteiger partial charge on any atom is -0.481 e. The van der Waals surface area contributed by atoms with E-state index in [0.717, 1.165) is 0 Å². The van der Waals surface area contributed by atoms with Crippen LogP contribution in [-0.2, 0) is 4.79 Å². The van der Waals surface area contributed by atoms with Gasteiger partial charge in [-0.3, -0.25) is 10.1 Å². The predicted octanol–water partition coefficient (Wildman–Crippen LogP) is 3.20. The van der Waals surface area contributed by atoms with Gasteiger partial charge in [-0.2, -0.15) is 0 Å². The van der Waals surface area contributed by atoms with Crippen LogP contribution in [0.15, 0.2) is 35.8 Å². The summed E-state index contributed by atoms with van der Waals surface area (Å²) < 4.78 is 5.49. The number of halogens is 1. The second-order valence-electron chi connectivity index (χ2n) is 3.54. The van der Waals surface area contributed by atoms with Gasteiger partial charge in [0.15, 0.2) is 11.2 Å². The van der Waals surface area contributed by atoms with E-state index in [1.54, 1.807) is 42.8 Å². The lowest BCUT2D eigenvalue weighted by atomic mass is 10.3. The van der Waals surface area contributed by atoms with Gasteiger partial charge in [-0.05, 0) is 31.2 Å². The number of hydrogen-bond acceptors (Lipinski definition) is 4. The van der Waals surface area contributed by atoms with Crippen LogP contribution in [0.2, 0.25) is 5.02 Å². The highest BCUT2D eigenvalue weighted by Crippen LogP contribution is 2.17. The Morgan fingerprint density at radius 2 is 2.17 bits per heavy atom. The average molecular weight is 283 g/mol. The van der Waals surface area contributed by atoms with E-state index in [1.807, 2.05) is 0 Å². The number of ether oxygens (including phenoxy) is 1. The van der Waals surface area contributed by atoms with E-state index < -0.39 is 6.10 Å². The van der Waals surface area contributed by atoms with Crippen LogP contribution < -0.4 is 10.1 Å². The number of nitrogens with zero attached hydrogens (tertiary/aromatic N) is 1. The third kappa shape index (κ3) is 3.45. The molecule has 0 aliphatic carbocycles. The van der Waals surface area contributed by atoms with Crippen LogP contribution in [0.25, 0.3) is 0 Å². The highest BCUT2D eigenvalue weighted by Gasteiger charge is 2.15. The number of carbonyl (C=O) groups is 1. The molecule has 0 saturated heterocycles. The molecular formula is C12H11ClN2O2S. The van der Waals surface area contributed by atoms with Crippen molar-refractivity contribution in [3.05, 3.63) is 40.9 Å². The fraction of sp³-hybridized carbons (Fsp3) is 0.167. The Bertz CT molecular complexity index is 513. The van der Waals surface area contributed by atoms with Gasteiger partial charge in [0.25, 0.3) is 5.91 Å². The maximum absolute atomic E-state index is 11.8. The Kier molecular flexibility index (Phi) is 4.17. The maximum atomic E-state index is 11.8. The molecule has 1 atom stereocenters. The van der Waals surface area contributed by atoms with E-state index in [0.29, 0.717) is 15.9 Å². The summed E-state index contributed by atoms with van der Waals surface area (Å²) in [6.07, 6.45) is 1.03. The van der Waals surface area contributed by atoms with Crippen LogP contribution in [0.1, 0.15) is 6.92 Å². The van der Waals surface area contributed by atoms with Crippen molar-refractivity contribution in [3.63, 3.8) is 0 Å². The second-order valence-corrected chi connectivity index (χ2v) is 4.87. The molecule has 0 aliphatic rings. The van der Waals surface area contributed by atoms with Crippen LogP contribution >= 0.6 is 22.9 Å². The van der Waals surface area contributed by atoms with Gasteiger partial charge >= 0.3 is 0 Å². The Balaban J connectivity index is 1.93. The smallest absolute Gasteiger partial charge is 0.266 e. The van der Waals surface area contributed by atoms with E-state index in [-0.39, 0.29) is 5.91 Å². The molecule has 4 nitrogen and oxygen atoms in total. The lowest BCUT2D eigenvalue weighted by Gasteiger charge is -2.13. The molecule has 0 unspecified atom stereocenters. The maximum Gasteiger partial charge on any atom is 0.266 e. The molecule has 0 radical (unpaired) electrons. The lowest BCUT2D eigenvalue weighted by Crippen LogP contribution is -2.30. The molecule has 1 aromatic carbocycles. The van der Waals surface area contributed by atoms with Crippen LogP contribution in [0.5, 0.6) is 5.75 Å². The van der Waals surface area contributed by atoms with Gasteiger partial charge < -0.3 is 4.74 Å². The standard InChI is InChI=1S/C12H11ClN2O2S/c1-8(11(16)15-12-14-6-7-18-12)17-10-4-2-9(13)3-5-10/h2-8H,1H3,(H,14,15,16)/t8-/m1/s1. The van der Waals surface area contributed by atoms with Crippen LogP contribution in [0.3, 0.4) is 0 Å². The predicted molar refractivity (Wildman–Crippen MR) is 72.3 cm³/mol. The minimum atomic E-state index is -0.602. The number of carbonyl (C=O) groups excluding carboxylic acids is 1.